The molecule has 0 unspecified atom stereocenters. The summed E-state index contributed by atoms with van der Waals surface area (Å²) in [5.74, 6) is 1.65. The van der Waals surface area contributed by atoms with Gasteiger partial charge in [0.1, 0.15) is 13.2 Å². The van der Waals surface area contributed by atoms with Gasteiger partial charge in [-0.2, -0.15) is 0 Å². The molecule has 3 nitrogen and oxygen atoms in total. The largest absolute Gasteiger partial charge is 0.486 e. The van der Waals surface area contributed by atoms with Gasteiger partial charge in [-0.3, -0.25) is 0 Å². The van der Waals surface area contributed by atoms with Crippen LogP contribution in [0.4, 0.5) is 0 Å². The van der Waals surface area contributed by atoms with Crippen molar-refractivity contribution in [2.75, 3.05) is 13.2 Å². The van der Waals surface area contributed by atoms with E-state index in [0.717, 1.165) is 28.3 Å². The topological polar surface area (TPSA) is 34.2 Å². The molecule has 0 fully saturated rings. The summed E-state index contributed by atoms with van der Waals surface area (Å²) in [5.41, 5.74) is 3.35. The Morgan fingerprint density at radius 1 is 0.842 bits per heavy atom. The SMILES string of the molecule is c1ccc2[nH]c(-c3ccc4c(c3)OCCO4)cc2c1. The van der Waals surface area contributed by atoms with Crippen molar-refractivity contribution in [2.24, 2.45) is 0 Å². The minimum Gasteiger partial charge on any atom is -0.486 e. The van der Waals surface area contributed by atoms with Crippen LogP contribution in [0.2, 0.25) is 0 Å². The van der Waals surface area contributed by atoms with Crippen LogP contribution in [-0.2, 0) is 0 Å². The molecule has 3 heteroatoms. The van der Waals surface area contributed by atoms with Gasteiger partial charge in [-0.1, -0.05) is 18.2 Å². The van der Waals surface area contributed by atoms with Gasteiger partial charge >= 0.3 is 0 Å². The monoisotopic (exact) mass is 251 g/mol. The number of nitrogens with one attached hydrogen (secondary N) is 1. The van der Waals surface area contributed by atoms with Gasteiger partial charge in [-0.15, -0.1) is 0 Å². The molecule has 0 saturated heterocycles. The van der Waals surface area contributed by atoms with Crippen LogP contribution >= 0.6 is 0 Å². The summed E-state index contributed by atoms with van der Waals surface area (Å²) in [6.07, 6.45) is 0. The van der Waals surface area contributed by atoms with Crippen molar-refractivity contribution in [1.29, 1.82) is 0 Å². The third-order valence-electron chi connectivity index (χ3n) is 3.38. The van der Waals surface area contributed by atoms with Gasteiger partial charge < -0.3 is 14.5 Å². The number of aromatic amines is 1. The molecule has 1 N–H and O–H groups in total. The lowest BCUT2D eigenvalue weighted by molar-refractivity contribution is 0.171. The van der Waals surface area contributed by atoms with Crippen LogP contribution in [0.25, 0.3) is 22.2 Å². The van der Waals surface area contributed by atoms with Crippen molar-refractivity contribution in [3.63, 3.8) is 0 Å². The highest BCUT2D eigenvalue weighted by molar-refractivity contribution is 5.86. The van der Waals surface area contributed by atoms with Crippen molar-refractivity contribution in [3.05, 3.63) is 48.5 Å². The highest BCUT2D eigenvalue weighted by atomic mass is 16.6. The summed E-state index contributed by atoms with van der Waals surface area (Å²) in [6, 6.07) is 16.5. The van der Waals surface area contributed by atoms with Crippen LogP contribution in [0.3, 0.4) is 0 Å². The number of hydrogen-bond acceptors (Lipinski definition) is 2. The maximum atomic E-state index is 5.62. The summed E-state index contributed by atoms with van der Waals surface area (Å²) >= 11 is 0. The number of fused-ring (bicyclic) bond motifs is 2. The minimum absolute atomic E-state index is 0.614. The van der Waals surface area contributed by atoms with E-state index in [9.17, 15) is 0 Å². The van der Waals surface area contributed by atoms with Crippen molar-refractivity contribution in [2.45, 2.75) is 0 Å². The lowest BCUT2D eigenvalue weighted by Gasteiger charge is -2.18. The molecule has 1 aromatic heterocycles. The Morgan fingerprint density at radius 3 is 2.58 bits per heavy atom. The molecule has 19 heavy (non-hydrogen) atoms. The molecule has 0 atom stereocenters. The van der Waals surface area contributed by atoms with Crippen LogP contribution in [0.5, 0.6) is 11.5 Å². The van der Waals surface area contributed by atoms with Gasteiger partial charge in [0.05, 0.1) is 0 Å². The molecule has 1 aliphatic heterocycles. The molecule has 94 valence electrons. The molecule has 0 bridgehead atoms. The molecule has 1 aliphatic rings. The molecule has 0 saturated carbocycles. The summed E-state index contributed by atoms with van der Waals surface area (Å²) in [7, 11) is 0. The first-order chi connectivity index (χ1) is 9.40. The Hall–Kier alpha value is -2.42. The third kappa shape index (κ3) is 1.74. The van der Waals surface area contributed by atoms with E-state index in [2.05, 4.69) is 29.2 Å². The first-order valence-electron chi connectivity index (χ1n) is 6.38. The molecule has 4 rings (SSSR count). The molecule has 2 aromatic carbocycles. The fourth-order valence-corrected chi connectivity index (χ4v) is 2.44. The third-order valence-corrected chi connectivity index (χ3v) is 3.38. The normalized spacial score (nSPS) is 13.7. The highest BCUT2D eigenvalue weighted by Gasteiger charge is 2.13. The van der Waals surface area contributed by atoms with E-state index in [1.54, 1.807) is 0 Å². The van der Waals surface area contributed by atoms with Gasteiger partial charge in [-0.25, -0.2) is 0 Å². The average molecular weight is 251 g/mol. The van der Waals surface area contributed by atoms with E-state index in [-0.39, 0.29) is 0 Å². The zero-order valence-corrected chi connectivity index (χ0v) is 10.3. The number of benzene rings is 2. The van der Waals surface area contributed by atoms with E-state index in [1.165, 1.54) is 5.39 Å². The molecular formula is C16H13NO2. The zero-order valence-electron chi connectivity index (χ0n) is 10.3. The van der Waals surface area contributed by atoms with Crippen molar-refractivity contribution < 1.29 is 9.47 Å². The number of para-hydroxylation sites is 1. The minimum atomic E-state index is 0.614. The highest BCUT2D eigenvalue weighted by Crippen LogP contribution is 2.35. The second-order valence-corrected chi connectivity index (χ2v) is 4.63. The van der Waals surface area contributed by atoms with Gasteiger partial charge in [0, 0.05) is 22.2 Å². The first kappa shape index (κ1) is 10.5. The lowest BCUT2D eigenvalue weighted by atomic mass is 10.1. The van der Waals surface area contributed by atoms with E-state index in [1.807, 2.05) is 24.3 Å². The summed E-state index contributed by atoms with van der Waals surface area (Å²) in [4.78, 5) is 3.42. The average Bonchev–Trinajstić information content (AvgIpc) is 2.90. The number of hydrogen-bond donors (Lipinski definition) is 1. The number of rotatable bonds is 1. The van der Waals surface area contributed by atoms with E-state index in [0.29, 0.717) is 13.2 Å². The maximum absolute atomic E-state index is 5.62. The summed E-state index contributed by atoms with van der Waals surface area (Å²) in [6.45, 7) is 1.24. The van der Waals surface area contributed by atoms with Gasteiger partial charge in [-0.05, 0) is 30.3 Å². The fourth-order valence-electron chi connectivity index (χ4n) is 2.44. The second-order valence-electron chi connectivity index (χ2n) is 4.63. The Bertz CT molecular complexity index is 712. The molecule has 0 spiro atoms. The predicted octanol–water partition coefficient (Wildman–Crippen LogP) is 3.61. The van der Waals surface area contributed by atoms with Crippen LogP contribution in [-0.4, -0.2) is 18.2 Å². The van der Waals surface area contributed by atoms with Crippen LogP contribution in [0.15, 0.2) is 48.5 Å². The molecule has 0 aliphatic carbocycles. The van der Waals surface area contributed by atoms with Crippen LogP contribution in [0, 0.1) is 0 Å². The fraction of sp³-hybridized carbons (Fsp3) is 0.125. The van der Waals surface area contributed by atoms with E-state index in [4.69, 9.17) is 9.47 Å². The van der Waals surface area contributed by atoms with Gasteiger partial charge in [0.2, 0.25) is 0 Å². The molecule has 0 radical (unpaired) electrons. The van der Waals surface area contributed by atoms with E-state index < -0.39 is 0 Å². The predicted molar refractivity (Wildman–Crippen MR) is 74.7 cm³/mol. The molecule has 2 heterocycles. The van der Waals surface area contributed by atoms with Crippen molar-refractivity contribution in [3.8, 4) is 22.8 Å². The van der Waals surface area contributed by atoms with Crippen molar-refractivity contribution >= 4 is 10.9 Å². The summed E-state index contributed by atoms with van der Waals surface area (Å²) in [5, 5.41) is 1.22. The molecular weight excluding hydrogens is 238 g/mol. The number of aromatic nitrogens is 1. The van der Waals surface area contributed by atoms with Gasteiger partial charge in [0.25, 0.3) is 0 Å². The van der Waals surface area contributed by atoms with Gasteiger partial charge in [0.15, 0.2) is 11.5 Å². The number of ether oxygens (including phenoxy) is 2. The first-order valence-corrected chi connectivity index (χ1v) is 6.38. The Balaban J connectivity index is 1.83. The van der Waals surface area contributed by atoms with Crippen LogP contribution in [0.1, 0.15) is 0 Å². The standard InChI is InChI=1S/C16H13NO2/c1-2-4-13-11(3-1)9-14(17-13)12-5-6-15-16(10-12)19-8-7-18-15/h1-6,9-10,17H,7-8H2. The Morgan fingerprint density at radius 2 is 1.68 bits per heavy atom. The zero-order chi connectivity index (χ0) is 12.7. The second kappa shape index (κ2) is 4.05. The quantitative estimate of drug-likeness (QED) is 0.717. The van der Waals surface area contributed by atoms with Crippen LogP contribution < -0.4 is 9.47 Å². The Labute approximate surface area is 110 Å². The number of H-pyrrole nitrogens is 1. The smallest absolute Gasteiger partial charge is 0.162 e. The summed E-state index contributed by atoms with van der Waals surface area (Å²) < 4.78 is 11.2. The molecule has 0 amide bonds. The lowest BCUT2D eigenvalue weighted by Crippen LogP contribution is -2.15. The molecule has 3 aromatic rings. The maximum Gasteiger partial charge on any atom is 0.162 e. The Kier molecular flexibility index (Phi) is 2.24. The van der Waals surface area contributed by atoms with E-state index >= 15 is 0 Å². The van der Waals surface area contributed by atoms with Crippen molar-refractivity contribution in [1.82, 2.24) is 4.98 Å².